The number of hydrogen-bond donors (Lipinski definition) is 3. The molecule has 0 unspecified atom stereocenters. The molecule has 0 radical (unpaired) electrons. The summed E-state index contributed by atoms with van der Waals surface area (Å²) in [6.07, 6.45) is -9.83. The van der Waals surface area contributed by atoms with Crippen molar-refractivity contribution in [3.63, 3.8) is 0 Å². The van der Waals surface area contributed by atoms with Crippen LogP contribution < -0.4 is 16.4 Å². The summed E-state index contributed by atoms with van der Waals surface area (Å²) in [6.45, 7) is -0.229. The van der Waals surface area contributed by atoms with Gasteiger partial charge in [0, 0.05) is 19.2 Å². The van der Waals surface area contributed by atoms with Crippen molar-refractivity contribution in [1.29, 1.82) is 0 Å². The third-order valence-electron chi connectivity index (χ3n) is 6.63. The number of carbonyl (C=O) groups is 2. The number of alkyl halides is 6. The average Bonchev–Trinajstić information content (AvgIpc) is 3.76. The number of rotatable bonds is 7. The third kappa shape index (κ3) is 6.72. The van der Waals surface area contributed by atoms with Crippen LogP contribution in [0.15, 0.2) is 36.4 Å². The van der Waals surface area contributed by atoms with Gasteiger partial charge in [0.05, 0.1) is 15.6 Å². The standard InChI is InChI=1S/C12H10ClF3N2O3.C12H12ClF3N2O/c13-8-2-1-7(5-9(8)18(20)21)6-17-10(19)11(3-4-11)12(14,15)16;13-8-2-1-7(5-9(8)17)6-18-10(19)11(3-4-11)12(14,15)16/h1-2,5H,3-4,6H2,(H,17,19);1-2,5H,3-4,6,17H2,(H,18,19). The van der Waals surface area contributed by atoms with E-state index >= 15 is 0 Å². The Hall–Kier alpha value is -3.26. The second-order valence-electron chi connectivity index (χ2n) is 9.42. The van der Waals surface area contributed by atoms with Gasteiger partial charge in [0.1, 0.15) is 15.9 Å². The largest absolute Gasteiger partial charge is 0.403 e. The molecule has 4 rings (SSSR count). The van der Waals surface area contributed by atoms with Gasteiger partial charge in [0.2, 0.25) is 11.8 Å². The Bertz CT molecular complexity index is 1310. The molecule has 0 heterocycles. The first-order valence-electron chi connectivity index (χ1n) is 11.6. The molecule has 16 heteroatoms. The van der Waals surface area contributed by atoms with E-state index in [2.05, 4.69) is 10.6 Å². The number of benzene rings is 2. The Labute approximate surface area is 233 Å². The summed E-state index contributed by atoms with van der Waals surface area (Å²) >= 11 is 11.3. The molecule has 2 fully saturated rings. The Morgan fingerprint density at radius 2 is 1.23 bits per heavy atom. The van der Waals surface area contributed by atoms with Crippen molar-refractivity contribution in [2.24, 2.45) is 10.8 Å². The van der Waals surface area contributed by atoms with Gasteiger partial charge in [-0.1, -0.05) is 35.3 Å². The summed E-state index contributed by atoms with van der Waals surface area (Å²) in [4.78, 5) is 33.2. The molecule has 2 amide bonds. The number of nitro groups is 1. The lowest BCUT2D eigenvalue weighted by molar-refractivity contribution is -0.384. The predicted molar refractivity (Wildman–Crippen MR) is 133 cm³/mol. The molecule has 8 nitrogen and oxygen atoms in total. The quantitative estimate of drug-likeness (QED) is 0.151. The van der Waals surface area contributed by atoms with E-state index in [1.165, 1.54) is 24.3 Å². The fourth-order valence-electron chi connectivity index (χ4n) is 3.74. The summed E-state index contributed by atoms with van der Waals surface area (Å²) in [5.74, 6) is -2.08. The topological polar surface area (TPSA) is 127 Å². The van der Waals surface area contributed by atoms with Crippen molar-refractivity contribution >= 4 is 46.4 Å². The number of nitrogen functional groups attached to an aromatic ring is 1. The molecule has 0 aliphatic heterocycles. The molecular weight excluding hydrogens is 593 g/mol. The molecule has 4 N–H and O–H groups in total. The van der Waals surface area contributed by atoms with E-state index < -0.39 is 39.9 Å². The van der Waals surface area contributed by atoms with Gasteiger partial charge in [-0.25, -0.2) is 0 Å². The first-order valence-corrected chi connectivity index (χ1v) is 12.4. The molecule has 2 saturated carbocycles. The van der Waals surface area contributed by atoms with Crippen LogP contribution in [0.2, 0.25) is 10.0 Å². The predicted octanol–water partition coefficient (Wildman–Crippen LogP) is 6.09. The van der Waals surface area contributed by atoms with Gasteiger partial charge in [-0.3, -0.25) is 19.7 Å². The number of anilines is 1. The van der Waals surface area contributed by atoms with Crippen LogP contribution in [-0.4, -0.2) is 29.1 Å². The summed E-state index contributed by atoms with van der Waals surface area (Å²) in [6, 6.07) is 8.45. The Kier molecular flexibility index (Phi) is 8.85. The second-order valence-corrected chi connectivity index (χ2v) is 10.2. The number of hydrogen-bond acceptors (Lipinski definition) is 5. The number of nitrogens with zero attached hydrogens (tertiary/aromatic N) is 1. The van der Waals surface area contributed by atoms with E-state index in [-0.39, 0.29) is 49.5 Å². The minimum atomic E-state index is -4.58. The zero-order valence-corrected chi connectivity index (χ0v) is 21.9. The zero-order valence-electron chi connectivity index (χ0n) is 20.4. The van der Waals surface area contributed by atoms with Crippen LogP contribution >= 0.6 is 23.2 Å². The summed E-state index contributed by atoms with van der Waals surface area (Å²) in [5.41, 5.74) is 1.95. The maximum Gasteiger partial charge on any atom is 0.403 e. The highest BCUT2D eigenvalue weighted by Crippen LogP contribution is 2.58. The van der Waals surface area contributed by atoms with Gasteiger partial charge in [0.25, 0.3) is 5.69 Å². The van der Waals surface area contributed by atoms with Crippen molar-refractivity contribution in [2.75, 3.05) is 5.73 Å². The van der Waals surface area contributed by atoms with Gasteiger partial charge in [-0.05, 0) is 55.0 Å². The van der Waals surface area contributed by atoms with Crippen LogP contribution in [0.1, 0.15) is 36.8 Å². The molecular formula is C24H22Cl2F6N4O4. The third-order valence-corrected chi connectivity index (χ3v) is 7.29. The molecule has 2 aromatic carbocycles. The van der Waals surface area contributed by atoms with E-state index in [9.17, 15) is 46.0 Å². The van der Waals surface area contributed by atoms with Crippen LogP contribution in [0, 0.1) is 20.9 Å². The molecule has 0 saturated heterocycles. The molecule has 2 aliphatic carbocycles. The lowest BCUT2D eigenvalue weighted by Crippen LogP contribution is -2.40. The van der Waals surface area contributed by atoms with Crippen LogP contribution in [-0.2, 0) is 22.7 Å². The molecule has 0 spiro atoms. The number of halogens is 8. The first kappa shape index (κ1) is 31.3. The SMILES string of the molecule is Nc1cc(CNC(=O)C2(C(F)(F)F)CC2)ccc1Cl.O=C(NCc1ccc(Cl)c([N+](=O)[O-])c1)C1(C(F)(F)F)CC1. The highest BCUT2D eigenvalue weighted by molar-refractivity contribution is 6.33. The van der Waals surface area contributed by atoms with Gasteiger partial charge >= 0.3 is 12.4 Å². The molecule has 0 aromatic heterocycles. The Morgan fingerprint density at radius 3 is 1.57 bits per heavy atom. The van der Waals surface area contributed by atoms with Crippen molar-refractivity contribution in [2.45, 2.75) is 51.1 Å². The maximum atomic E-state index is 12.7. The van der Waals surface area contributed by atoms with E-state index in [0.717, 1.165) is 6.07 Å². The van der Waals surface area contributed by atoms with Crippen LogP contribution in [0.25, 0.3) is 0 Å². The van der Waals surface area contributed by atoms with Crippen LogP contribution in [0.4, 0.5) is 37.7 Å². The second kappa shape index (κ2) is 11.3. The lowest BCUT2D eigenvalue weighted by Gasteiger charge is -2.18. The minimum absolute atomic E-state index is 0.00195. The van der Waals surface area contributed by atoms with E-state index in [0.29, 0.717) is 21.8 Å². The van der Waals surface area contributed by atoms with Crippen LogP contribution in [0.3, 0.4) is 0 Å². The fraction of sp³-hybridized carbons (Fsp3) is 0.417. The van der Waals surface area contributed by atoms with Gasteiger partial charge in [0.15, 0.2) is 0 Å². The minimum Gasteiger partial charge on any atom is -0.398 e. The normalized spacial score (nSPS) is 16.7. The smallest absolute Gasteiger partial charge is 0.398 e. The Balaban J connectivity index is 0.000000222. The van der Waals surface area contributed by atoms with Crippen LogP contribution in [0.5, 0.6) is 0 Å². The molecule has 0 bridgehead atoms. The lowest BCUT2D eigenvalue weighted by atomic mass is 10.1. The number of nitrogens with two attached hydrogens (primary N) is 1. The maximum absolute atomic E-state index is 12.7. The van der Waals surface area contributed by atoms with Crippen molar-refractivity contribution in [3.8, 4) is 0 Å². The fourth-order valence-corrected chi connectivity index (χ4v) is 4.05. The van der Waals surface area contributed by atoms with E-state index in [1.807, 2.05) is 0 Å². The Morgan fingerprint density at radius 1 is 0.825 bits per heavy atom. The number of carbonyl (C=O) groups excluding carboxylic acids is 2. The number of nitrogens with one attached hydrogen (secondary N) is 2. The van der Waals surface area contributed by atoms with Gasteiger partial charge in [-0.15, -0.1) is 0 Å². The van der Waals surface area contributed by atoms with Gasteiger partial charge < -0.3 is 16.4 Å². The van der Waals surface area contributed by atoms with Gasteiger partial charge in [-0.2, -0.15) is 26.3 Å². The van der Waals surface area contributed by atoms with E-state index in [1.54, 1.807) is 6.07 Å². The van der Waals surface area contributed by atoms with E-state index in [4.69, 9.17) is 28.9 Å². The van der Waals surface area contributed by atoms with Crippen molar-refractivity contribution in [3.05, 3.63) is 67.7 Å². The van der Waals surface area contributed by atoms with Crippen molar-refractivity contribution < 1.29 is 40.9 Å². The summed E-state index contributed by atoms with van der Waals surface area (Å²) in [5, 5.41) is 15.4. The molecule has 40 heavy (non-hydrogen) atoms. The number of nitro benzene ring substituents is 1. The average molecular weight is 615 g/mol. The molecule has 2 aromatic rings. The highest BCUT2D eigenvalue weighted by Gasteiger charge is 2.69. The number of amides is 2. The molecule has 2 aliphatic rings. The summed E-state index contributed by atoms with van der Waals surface area (Å²) in [7, 11) is 0. The first-order chi connectivity index (χ1) is 18.4. The highest BCUT2D eigenvalue weighted by atomic mass is 35.5. The monoisotopic (exact) mass is 614 g/mol. The summed E-state index contributed by atoms with van der Waals surface area (Å²) < 4.78 is 76.3. The van der Waals surface area contributed by atoms with Crippen molar-refractivity contribution in [1.82, 2.24) is 10.6 Å². The molecule has 0 atom stereocenters. The molecule has 218 valence electrons. The zero-order chi connectivity index (χ0) is 30.1.